The first kappa shape index (κ1) is 14.5. The van der Waals surface area contributed by atoms with Gasteiger partial charge in [-0.15, -0.1) is 0 Å². The predicted octanol–water partition coefficient (Wildman–Crippen LogP) is 2.79. The van der Waals surface area contributed by atoms with E-state index in [0.29, 0.717) is 12.2 Å². The second-order valence-electron chi connectivity index (χ2n) is 4.40. The van der Waals surface area contributed by atoms with E-state index in [0.717, 1.165) is 30.9 Å². The van der Waals surface area contributed by atoms with Gasteiger partial charge < -0.3 is 5.32 Å². The summed E-state index contributed by atoms with van der Waals surface area (Å²) in [6.07, 6.45) is 1.56. The van der Waals surface area contributed by atoms with E-state index in [-0.39, 0.29) is 0 Å². The molecule has 7 heteroatoms. The summed E-state index contributed by atoms with van der Waals surface area (Å²) in [7, 11) is 0. The lowest BCUT2D eigenvalue weighted by molar-refractivity contribution is -0.137. The van der Waals surface area contributed by atoms with Gasteiger partial charge in [0.15, 0.2) is 0 Å². The number of pyridine rings is 1. The second kappa shape index (κ2) is 6.04. The summed E-state index contributed by atoms with van der Waals surface area (Å²) in [4.78, 5) is 4.03. The lowest BCUT2D eigenvalue weighted by atomic mass is 10.2. The maximum Gasteiger partial charge on any atom is 0.419 e. The number of alkyl halides is 3. The van der Waals surface area contributed by atoms with E-state index in [9.17, 15) is 13.2 Å². The van der Waals surface area contributed by atoms with Gasteiger partial charge in [0, 0.05) is 18.9 Å². The number of hydrogen-bond donors (Lipinski definition) is 1. The minimum Gasteiger partial charge on any atom is -0.313 e. The van der Waals surface area contributed by atoms with Gasteiger partial charge in [-0.1, -0.05) is 6.92 Å². The van der Waals surface area contributed by atoms with E-state index in [1.165, 1.54) is 10.9 Å². The molecule has 4 nitrogen and oxygen atoms in total. The summed E-state index contributed by atoms with van der Waals surface area (Å²) in [5.74, 6) is 0. The highest BCUT2D eigenvalue weighted by atomic mass is 19.4. The van der Waals surface area contributed by atoms with E-state index in [2.05, 4.69) is 22.3 Å². The first-order valence-electron chi connectivity index (χ1n) is 6.27. The summed E-state index contributed by atoms with van der Waals surface area (Å²) < 4.78 is 38.7. The fourth-order valence-electron chi connectivity index (χ4n) is 1.72. The molecular formula is C13H15F3N4. The van der Waals surface area contributed by atoms with Gasteiger partial charge in [-0.2, -0.15) is 18.3 Å². The van der Waals surface area contributed by atoms with Crippen molar-refractivity contribution < 1.29 is 13.2 Å². The number of hydrogen-bond acceptors (Lipinski definition) is 3. The normalized spacial score (nSPS) is 11.8. The Hall–Kier alpha value is -1.89. The summed E-state index contributed by atoms with van der Waals surface area (Å²) in [6, 6.07) is 1.77. The lowest BCUT2D eigenvalue weighted by Crippen LogP contribution is -2.14. The summed E-state index contributed by atoms with van der Waals surface area (Å²) in [5.41, 5.74) is 0.642. The highest BCUT2D eigenvalue weighted by Gasteiger charge is 2.32. The third-order valence-corrected chi connectivity index (χ3v) is 2.71. The van der Waals surface area contributed by atoms with E-state index >= 15 is 0 Å². The van der Waals surface area contributed by atoms with Crippen molar-refractivity contribution in [2.24, 2.45) is 0 Å². The third kappa shape index (κ3) is 3.57. The Bertz CT molecular complexity index is 563. The average Bonchev–Trinajstić information content (AvgIpc) is 2.89. The van der Waals surface area contributed by atoms with Crippen LogP contribution in [0.5, 0.6) is 0 Å². The quantitative estimate of drug-likeness (QED) is 0.859. The Balaban J connectivity index is 2.16. The van der Waals surface area contributed by atoms with Crippen molar-refractivity contribution in [1.82, 2.24) is 20.1 Å². The van der Waals surface area contributed by atoms with E-state index in [1.54, 1.807) is 12.3 Å². The number of aromatic nitrogens is 3. The maximum absolute atomic E-state index is 12.5. The first-order valence-corrected chi connectivity index (χ1v) is 6.27. The maximum atomic E-state index is 12.5. The van der Waals surface area contributed by atoms with Crippen molar-refractivity contribution in [2.45, 2.75) is 26.1 Å². The fraction of sp³-hybridized carbons (Fsp3) is 0.385. The highest BCUT2D eigenvalue weighted by Crippen LogP contribution is 2.29. The summed E-state index contributed by atoms with van der Waals surface area (Å²) in [5, 5.41) is 6.94. The SMILES string of the molecule is CCCNCc1cncc(-n2cc(C(F)(F)F)cn2)c1. The molecule has 0 radical (unpaired) electrons. The molecule has 0 bridgehead atoms. The Kier molecular flexibility index (Phi) is 4.39. The van der Waals surface area contributed by atoms with E-state index < -0.39 is 11.7 Å². The average molecular weight is 284 g/mol. The molecule has 108 valence electrons. The van der Waals surface area contributed by atoms with Crippen molar-refractivity contribution in [1.29, 1.82) is 0 Å². The second-order valence-corrected chi connectivity index (χ2v) is 4.40. The van der Waals surface area contributed by atoms with Crippen LogP contribution in [0.2, 0.25) is 0 Å². The molecule has 2 aromatic heterocycles. The van der Waals surface area contributed by atoms with Crippen LogP contribution in [-0.2, 0) is 12.7 Å². The standard InChI is InChI=1S/C13H15F3N4/c1-2-3-17-5-10-4-12(8-18-6-10)20-9-11(7-19-20)13(14,15)16/h4,6-9,17H,2-3,5H2,1H3. The van der Waals surface area contributed by atoms with Crippen molar-refractivity contribution in [2.75, 3.05) is 6.54 Å². The summed E-state index contributed by atoms with van der Waals surface area (Å²) >= 11 is 0. The highest BCUT2D eigenvalue weighted by molar-refractivity contribution is 5.32. The molecule has 0 fully saturated rings. The minimum atomic E-state index is -4.38. The predicted molar refractivity (Wildman–Crippen MR) is 68.4 cm³/mol. The molecule has 0 aromatic carbocycles. The first-order chi connectivity index (χ1) is 9.50. The van der Waals surface area contributed by atoms with Crippen molar-refractivity contribution in [3.8, 4) is 5.69 Å². The Morgan fingerprint density at radius 2 is 2.05 bits per heavy atom. The number of rotatable bonds is 5. The molecule has 0 unspecified atom stereocenters. The number of nitrogens with zero attached hydrogens (tertiary/aromatic N) is 3. The lowest BCUT2D eigenvalue weighted by Gasteiger charge is -2.06. The Morgan fingerprint density at radius 3 is 2.70 bits per heavy atom. The molecular weight excluding hydrogens is 269 g/mol. The zero-order valence-electron chi connectivity index (χ0n) is 11.0. The molecule has 20 heavy (non-hydrogen) atoms. The molecule has 0 atom stereocenters. The minimum absolute atomic E-state index is 0.510. The van der Waals surface area contributed by atoms with Crippen molar-refractivity contribution in [3.05, 3.63) is 42.0 Å². The number of nitrogens with one attached hydrogen (secondary N) is 1. The molecule has 2 rings (SSSR count). The molecule has 0 saturated carbocycles. The smallest absolute Gasteiger partial charge is 0.313 e. The van der Waals surface area contributed by atoms with E-state index in [1.807, 2.05) is 0 Å². The van der Waals surface area contributed by atoms with Crippen LogP contribution in [0.3, 0.4) is 0 Å². The summed E-state index contributed by atoms with van der Waals surface area (Å²) in [6.45, 7) is 3.57. The fourth-order valence-corrected chi connectivity index (χ4v) is 1.72. The van der Waals surface area contributed by atoms with Gasteiger partial charge in [-0.25, -0.2) is 4.68 Å². The van der Waals surface area contributed by atoms with Crippen molar-refractivity contribution in [3.63, 3.8) is 0 Å². The monoisotopic (exact) mass is 284 g/mol. The largest absolute Gasteiger partial charge is 0.419 e. The van der Waals surface area contributed by atoms with Crippen LogP contribution in [0.15, 0.2) is 30.9 Å². The van der Waals surface area contributed by atoms with Gasteiger partial charge in [0.2, 0.25) is 0 Å². The molecule has 1 N–H and O–H groups in total. The Labute approximate surface area is 114 Å². The van der Waals surface area contributed by atoms with Gasteiger partial charge in [-0.3, -0.25) is 4.98 Å². The van der Waals surface area contributed by atoms with Crippen LogP contribution in [0, 0.1) is 0 Å². The molecule has 0 aliphatic heterocycles. The topological polar surface area (TPSA) is 42.7 Å². The zero-order valence-corrected chi connectivity index (χ0v) is 11.0. The van der Waals surface area contributed by atoms with Crippen LogP contribution in [0.25, 0.3) is 5.69 Å². The molecule has 0 spiro atoms. The molecule has 0 amide bonds. The van der Waals surface area contributed by atoms with Gasteiger partial charge >= 0.3 is 6.18 Å². The van der Waals surface area contributed by atoms with Crippen LogP contribution in [0.4, 0.5) is 13.2 Å². The van der Waals surface area contributed by atoms with Gasteiger partial charge in [0.05, 0.1) is 23.6 Å². The van der Waals surface area contributed by atoms with E-state index in [4.69, 9.17) is 0 Å². The van der Waals surface area contributed by atoms with Gasteiger partial charge in [0.25, 0.3) is 0 Å². The molecule has 0 saturated heterocycles. The molecule has 0 aliphatic rings. The van der Waals surface area contributed by atoms with Gasteiger partial charge in [0.1, 0.15) is 0 Å². The van der Waals surface area contributed by atoms with Gasteiger partial charge in [-0.05, 0) is 24.6 Å². The number of halogens is 3. The van der Waals surface area contributed by atoms with Crippen LogP contribution >= 0.6 is 0 Å². The molecule has 2 heterocycles. The Morgan fingerprint density at radius 1 is 1.25 bits per heavy atom. The van der Waals surface area contributed by atoms with Crippen LogP contribution in [-0.4, -0.2) is 21.3 Å². The third-order valence-electron chi connectivity index (χ3n) is 2.71. The molecule has 2 aromatic rings. The zero-order chi connectivity index (χ0) is 14.6. The van der Waals surface area contributed by atoms with Crippen LogP contribution in [0.1, 0.15) is 24.5 Å². The van der Waals surface area contributed by atoms with Crippen LogP contribution < -0.4 is 5.32 Å². The van der Waals surface area contributed by atoms with Crippen molar-refractivity contribution >= 4 is 0 Å². The molecule has 0 aliphatic carbocycles.